The van der Waals surface area contributed by atoms with Gasteiger partial charge in [0.05, 0.1) is 63.4 Å². The van der Waals surface area contributed by atoms with Crippen molar-refractivity contribution in [3.8, 4) is 11.2 Å². The zero-order valence-corrected chi connectivity index (χ0v) is 62.0. The quantitative estimate of drug-likeness (QED) is 0.0291. The van der Waals surface area contributed by atoms with E-state index in [-0.39, 0.29) is 288 Å². The van der Waals surface area contributed by atoms with Gasteiger partial charge in [-0.15, -0.1) is 10.2 Å². The Morgan fingerprint density at radius 3 is 1.96 bits per heavy atom. The number of pyridine rings is 1. The van der Waals surface area contributed by atoms with Gasteiger partial charge < -0.3 is 24.2 Å². The van der Waals surface area contributed by atoms with Gasteiger partial charge in [0.1, 0.15) is 53.5 Å². The Balaban J connectivity index is 0.00000328. The number of nitriles is 1. The van der Waals surface area contributed by atoms with Gasteiger partial charge in [-0.2, -0.15) is 19.4 Å². The number of nitrogens with one attached hydrogen (secondary N) is 1. The second-order valence-electron chi connectivity index (χ2n) is 17.9. The Kier molecular flexibility index (Phi) is 25.1. The van der Waals surface area contributed by atoms with Gasteiger partial charge >= 0.3 is 206 Å². The van der Waals surface area contributed by atoms with E-state index in [4.69, 9.17) is 25.2 Å². The van der Waals surface area contributed by atoms with Crippen LogP contribution in [0.4, 0.5) is 39.6 Å². The number of hydrogen-bond acceptors (Lipinski definition) is 24. The molecule has 0 unspecified atom stereocenters. The molecule has 0 spiro atoms. The maximum absolute atomic E-state index is 12.9. The Morgan fingerprint density at radius 2 is 1.37 bits per heavy atom. The van der Waals surface area contributed by atoms with Crippen molar-refractivity contribution in [2.75, 3.05) is 10.2 Å². The summed E-state index contributed by atoms with van der Waals surface area (Å²) < 4.78 is 120. The van der Waals surface area contributed by atoms with Crippen molar-refractivity contribution in [1.29, 1.82) is 5.26 Å². The summed E-state index contributed by atoms with van der Waals surface area (Å²) in [5.74, 6) is -0.189. The molecule has 4 aromatic carbocycles. The fourth-order valence-electron chi connectivity index (χ4n) is 8.66. The van der Waals surface area contributed by atoms with Crippen LogP contribution in [0.5, 0.6) is 0 Å². The Bertz CT molecular complexity index is 4090. The summed E-state index contributed by atoms with van der Waals surface area (Å²) in [5.41, 5.74) is 2.24. The van der Waals surface area contributed by atoms with Crippen molar-refractivity contribution in [3.05, 3.63) is 105 Å². The number of aromatic nitrogens is 5. The van der Waals surface area contributed by atoms with Gasteiger partial charge in [-0.25, -0.2) is 40.2 Å². The SMILES string of the molecule is Cc1cc(N(c2nc3ccc(S(=O)(=O)[O-])cc3s2)c2c(C)cc(C)c(S(=O)(=O)[O-])c2C)nc(Nc2c(C)cc(C)c(S(=O)(=O)[O-])c2C)c1N=Nc1c(C#N)c(C(C)(C)C)nn1-c1nc2cccc(SOO[O-])c2s1.[K+].[K+].[K+].[K+]. The smallest absolute Gasteiger partial charge is 0.744 e. The van der Waals surface area contributed by atoms with E-state index in [1.165, 1.54) is 61.5 Å². The monoisotopic (exact) mass is 1270 g/mol. The molecule has 386 valence electrons. The van der Waals surface area contributed by atoms with Gasteiger partial charge in [-0.3, -0.25) is 9.94 Å². The van der Waals surface area contributed by atoms with Gasteiger partial charge in [0.15, 0.2) is 16.8 Å². The average molecular weight is 1270 g/mol. The Labute approximate surface area is 632 Å². The Hall–Kier alpha value is 0.215. The van der Waals surface area contributed by atoms with E-state index in [9.17, 15) is 49.4 Å². The number of nitrogens with zero attached hydrogens (tertiary/aromatic N) is 9. The predicted molar refractivity (Wildman–Crippen MR) is 271 cm³/mol. The number of benzene rings is 4. The van der Waals surface area contributed by atoms with Crippen molar-refractivity contribution < 1.29 is 259 Å². The van der Waals surface area contributed by atoms with E-state index >= 15 is 0 Å². The minimum Gasteiger partial charge on any atom is -0.744 e. The van der Waals surface area contributed by atoms with Crippen LogP contribution in [-0.4, -0.2) is 63.6 Å². The van der Waals surface area contributed by atoms with Crippen LogP contribution in [-0.2, 0) is 45.1 Å². The zero-order chi connectivity index (χ0) is 54.1. The normalized spacial score (nSPS) is 12.0. The van der Waals surface area contributed by atoms with Crippen molar-refractivity contribution in [2.24, 2.45) is 10.2 Å². The summed E-state index contributed by atoms with van der Waals surface area (Å²) in [6, 6.07) is 15.4. The average Bonchev–Trinajstić information content (AvgIpc) is 4.01. The van der Waals surface area contributed by atoms with E-state index in [1.54, 1.807) is 39.0 Å². The van der Waals surface area contributed by atoms with Crippen molar-refractivity contribution >= 4 is 125 Å². The van der Waals surface area contributed by atoms with Gasteiger partial charge in [-0.05, 0) is 124 Å². The maximum atomic E-state index is 12.9. The third-order valence-electron chi connectivity index (χ3n) is 11.6. The molecule has 32 heteroatoms. The Morgan fingerprint density at radius 1 is 0.744 bits per heavy atom. The molecule has 0 bridgehead atoms. The number of azo groups is 1. The van der Waals surface area contributed by atoms with Crippen molar-refractivity contribution in [2.45, 2.75) is 94.2 Å². The predicted octanol–water partition coefficient (Wildman–Crippen LogP) is -2.60. The van der Waals surface area contributed by atoms with Crippen LogP contribution < -0.4 is 221 Å². The maximum Gasteiger partial charge on any atom is 1.00 e. The van der Waals surface area contributed by atoms with E-state index in [1.807, 2.05) is 20.8 Å². The van der Waals surface area contributed by atoms with Gasteiger partial charge in [0.25, 0.3) is 0 Å². The summed E-state index contributed by atoms with van der Waals surface area (Å²) >= 11 is 2.73. The number of thiazole rings is 2. The fourth-order valence-corrected chi connectivity index (χ4v) is 13.7. The van der Waals surface area contributed by atoms with E-state index in [0.717, 1.165) is 34.8 Å². The molecule has 0 aliphatic rings. The molecule has 0 saturated carbocycles. The van der Waals surface area contributed by atoms with Crippen LogP contribution >= 0.6 is 34.7 Å². The molecule has 8 rings (SSSR count). The summed E-state index contributed by atoms with van der Waals surface area (Å²) in [6.07, 6.45) is 0. The third kappa shape index (κ3) is 14.9. The molecule has 22 nitrogen and oxygen atoms in total. The van der Waals surface area contributed by atoms with Crippen LogP contribution in [0, 0.1) is 59.8 Å². The molecule has 0 aliphatic carbocycles. The topological polar surface area (TPSA) is 333 Å². The van der Waals surface area contributed by atoms with Crippen LogP contribution in [0.2, 0.25) is 0 Å². The molecule has 0 fully saturated rings. The third-order valence-corrected chi connectivity index (χ3v) is 17.5. The molecule has 4 aromatic heterocycles. The van der Waals surface area contributed by atoms with Crippen molar-refractivity contribution in [3.63, 3.8) is 0 Å². The second-order valence-corrected chi connectivity index (χ2v) is 24.7. The first-order valence-electron chi connectivity index (χ1n) is 21.6. The summed E-state index contributed by atoms with van der Waals surface area (Å²) in [6.45, 7) is 16.3. The molecule has 1 N–H and O–H groups in total. The summed E-state index contributed by atoms with van der Waals surface area (Å²) in [4.78, 5) is 14.9. The first-order chi connectivity index (χ1) is 34.5. The first kappa shape index (κ1) is 70.7. The molecule has 0 atom stereocenters. The van der Waals surface area contributed by atoms with Crippen LogP contribution in [0.25, 0.3) is 25.6 Å². The number of aryl methyl sites for hydroxylation is 5. The molecule has 8 aromatic rings. The number of rotatable bonds is 14. The van der Waals surface area contributed by atoms with Gasteiger partial charge in [0, 0.05) is 11.1 Å². The van der Waals surface area contributed by atoms with E-state index in [0.29, 0.717) is 49.5 Å². The van der Waals surface area contributed by atoms with Crippen LogP contribution in [0.15, 0.2) is 84.4 Å². The van der Waals surface area contributed by atoms with Gasteiger partial charge in [0.2, 0.25) is 5.13 Å². The van der Waals surface area contributed by atoms with Gasteiger partial charge in [-0.1, -0.05) is 61.6 Å². The van der Waals surface area contributed by atoms with E-state index in [2.05, 4.69) is 25.9 Å². The van der Waals surface area contributed by atoms with Crippen molar-refractivity contribution in [1.82, 2.24) is 24.7 Å². The molecule has 4 heterocycles. The molecule has 0 radical (unpaired) electrons. The fraction of sp³-hybridized carbons (Fsp3) is 0.239. The number of anilines is 5. The number of hydrogen-bond donors (Lipinski definition) is 1. The number of fused-ring (bicyclic) bond motifs is 2. The molecule has 0 amide bonds. The minimum absolute atomic E-state index is 0. The first-order valence-corrected chi connectivity index (χ1v) is 28.2. The van der Waals surface area contributed by atoms with Crippen LogP contribution in [0.1, 0.15) is 71.0 Å². The summed E-state index contributed by atoms with van der Waals surface area (Å²) in [7, 11) is -15.1. The standard InChI is InChI=1S/C46H44N10O12S6.4K/c1-21-16-24(4)39(73(61,62)63)26(6)35(21)51-42-36(52-53-43-29(20-47)41(46(8,9)10)54-56(43)45-49-31-12-11-13-32(38(31)70-45)71-68-67-57)22(2)18-34(50-42)55(37-23(3)17-25(5)40(27(37)7)74(64,65)66)44-48-30-15-14-28(72(58,59)60)19-33(30)69-44;;;;/h11-19,57H,1-10H3,(H,50,51)(H,58,59,60)(H,61,62,63)(H,64,65,66);;;;/q;4*+1/p-4. The van der Waals surface area contributed by atoms with E-state index < -0.39 is 50.5 Å². The zero-order valence-electron chi connectivity index (χ0n) is 44.6. The van der Waals surface area contributed by atoms with Crippen LogP contribution in [0.3, 0.4) is 0 Å². The second kappa shape index (κ2) is 27.7. The summed E-state index contributed by atoms with van der Waals surface area (Å²) in [5, 5.41) is 42.7. The minimum atomic E-state index is -5.11. The molecule has 0 aliphatic heterocycles. The molecule has 78 heavy (non-hydrogen) atoms. The molecular weight excluding hydrogens is 1230 g/mol. The molecular formula is C46H40K4N10O12S6. The largest absolute Gasteiger partial charge is 1.00 e. The molecule has 0 saturated heterocycles.